The van der Waals surface area contributed by atoms with Gasteiger partial charge in [-0.2, -0.15) is 0 Å². The predicted molar refractivity (Wildman–Crippen MR) is 116 cm³/mol. The SMILES string of the molecule is CCOC(=O)C1CCCN(C(=O)CN(C)C(=O)c2nnn(-c3ccccc3)c2C2CC2)C1. The fourth-order valence-electron chi connectivity index (χ4n) is 4.14. The number of benzene rings is 1. The van der Waals surface area contributed by atoms with Gasteiger partial charge >= 0.3 is 5.97 Å². The van der Waals surface area contributed by atoms with Gasteiger partial charge in [0.05, 0.1) is 30.5 Å². The third kappa shape index (κ3) is 4.66. The molecule has 1 unspecified atom stereocenters. The monoisotopic (exact) mass is 439 g/mol. The molecule has 1 saturated heterocycles. The van der Waals surface area contributed by atoms with E-state index in [1.165, 1.54) is 4.90 Å². The van der Waals surface area contributed by atoms with Crippen LogP contribution in [-0.2, 0) is 14.3 Å². The van der Waals surface area contributed by atoms with E-state index in [1.807, 2.05) is 30.3 Å². The molecule has 170 valence electrons. The molecule has 1 saturated carbocycles. The first kappa shape index (κ1) is 22.0. The topological polar surface area (TPSA) is 97.6 Å². The lowest BCUT2D eigenvalue weighted by molar-refractivity contribution is -0.151. The van der Waals surface area contributed by atoms with Crippen LogP contribution in [0, 0.1) is 5.92 Å². The fourth-order valence-corrected chi connectivity index (χ4v) is 4.14. The van der Waals surface area contributed by atoms with Crippen LogP contribution in [0.15, 0.2) is 30.3 Å². The number of likely N-dealkylation sites (N-methyl/N-ethyl adjacent to an activating group) is 1. The zero-order valence-corrected chi connectivity index (χ0v) is 18.6. The van der Waals surface area contributed by atoms with Crippen molar-refractivity contribution in [3.8, 4) is 5.69 Å². The van der Waals surface area contributed by atoms with E-state index in [0.29, 0.717) is 31.8 Å². The van der Waals surface area contributed by atoms with Gasteiger partial charge in [0, 0.05) is 26.1 Å². The molecule has 1 aliphatic heterocycles. The van der Waals surface area contributed by atoms with E-state index in [2.05, 4.69) is 10.3 Å². The number of ether oxygens (including phenoxy) is 1. The molecule has 1 atom stereocenters. The van der Waals surface area contributed by atoms with Gasteiger partial charge in [-0.15, -0.1) is 5.10 Å². The second-order valence-electron chi connectivity index (χ2n) is 8.44. The van der Waals surface area contributed by atoms with Crippen LogP contribution < -0.4 is 0 Å². The van der Waals surface area contributed by atoms with Gasteiger partial charge in [0.15, 0.2) is 5.69 Å². The zero-order valence-electron chi connectivity index (χ0n) is 18.6. The summed E-state index contributed by atoms with van der Waals surface area (Å²) in [5, 5.41) is 8.43. The number of carbonyl (C=O) groups excluding carboxylic acids is 3. The molecule has 4 rings (SSSR count). The lowest BCUT2D eigenvalue weighted by Crippen LogP contribution is -2.47. The third-order valence-electron chi connectivity index (χ3n) is 5.99. The lowest BCUT2D eigenvalue weighted by Gasteiger charge is -2.32. The first-order valence-corrected chi connectivity index (χ1v) is 11.2. The number of carbonyl (C=O) groups is 3. The maximum atomic E-state index is 13.2. The molecule has 9 heteroatoms. The minimum atomic E-state index is -0.318. The summed E-state index contributed by atoms with van der Waals surface area (Å²) < 4.78 is 6.84. The van der Waals surface area contributed by atoms with Crippen LogP contribution in [0.3, 0.4) is 0 Å². The Bertz CT molecular complexity index is 986. The summed E-state index contributed by atoms with van der Waals surface area (Å²) in [6.07, 6.45) is 3.44. The standard InChI is InChI=1S/C23H29N5O4/c1-3-32-23(31)17-8-7-13-27(14-17)19(29)15-26(2)22(30)20-21(16-11-12-16)28(25-24-20)18-9-5-4-6-10-18/h4-6,9-10,16-17H,3,7-8,11-15H2,1-2H3. The van der Waals surface area contributed by atoms with Crippen LogP contribution >= 0.6 is 0 Å². The maximum absolute atomic E-state index is 13.2. The summed E-state index contributed by atoms with van der Waals surface area (Å²) in [5.74, 6) is -0.817. The molecular formula is C23H29N5O4. The van der Waals surface area contributed by atoms with Crippen LogP contribution in [0.1, 0.15) is 54.7 Å². The Balaban J connectivity index is 1.45. The van der Waals surface area contributed by atoms with Gasteiger partial charge in [0.25, 0.3) is 5.91 Å². The van der Waals surface area contributed by atoms with Crippen LogP contribution in [0.25, 0.3) is 5.69 Å². The fraction of sp³-hybridized carbons (Fsp3) is 0.522. The van der Waals surface area contributed by atoms with Gasteiger partial charge in [-0.25, -0.2) is 4.68 Å². The normalized spacial score (nSPS) is 18.3. The summed E-state index contributed by atoms with van der Waals surface area (Å²) in [6.45, 7) is 2.93. The van der Waals surface area contributed by atoms with E-state index in [0.717, 1.165) is 30.6 Å². The van der Waals surface area contributed by atoms with Gasteiger partial charge in [-0.05, 0) is 44.7 Å². The predicted octanol–water partition coefficient (Wildman–Crippen LogP) is 2.02. The second-order valence-corrected chi connectivity index (χ2v) is 8.44. The first-order valence-electron chi connectivity index (χ1n) is 11.2. The number of aromatic nitrogens is 3. The Morgan fingerprint density at radius 3 is 2.59 bits per heavy atom. The third-order valence-corrected chi connectivity index (χ3v) is 5.99. The quantitative estimate of drug-likeness (QED) is 0.612. The van der Waals surface area contributed by atoms with Crippen LogP contribution in [0.2, 0.25) is 0 Å². The molecule has 0 bridgehead atoms. The van der Waals surface area contributed by atoms with E-state index in [9.17, 15) is 14.4 Å². The molecule has 0 N–H and O–H groups in total. The summed E-state index contributed by atoms with van der Waals surface area (Å²) in [7, 11) is 1.60. The molecule has 2 heterocycles. The van der Waals surface area contributed by atoms with Crippen molar-refractivity contribution < 1.29 is 19.1 Å². The Morgan fingerprint density at radius 1 is 1.16 bits per heavy atom. The lowest BCUT2D eigenvalue weighted by atomic mass is 9.98. The molecule has 2 aliphatic rings. The van der Waals surface area contributed by atoms with Crippen molar-refractivity contribution >= 4 is 17.8 Å². The van der Waals surface area contributed by atoms with Crippen molar-refractivity contribution in [2.24, 2.45) is 5.92 Å². The summed E-state index contributed by atoms with van der Waals surface area (Å²) in [5.41, 5.74) is 1.97. The summed E-state index contributed by atoms with van der Waals surface area (Å²) in [4.78, 5) is 41.2. The van der Waals surface area contributed by atoms with Gasteiger partial charge in [-0.3, -0.25) is 14.4 Å². The molecule has 9 nitrogen and oxygen atoms in total. The summed E-state index contributed by atoms with van der Waals surface area (Å²) >= 11 is 0. The Morgan fingerprint density at radius 2 is 1.91 bits per heavy atom. The highest BCUT2D eigenvalue weighted by Gasteiger charge is 2.36. The molecule has 0 radical (unpaired) electrons. The largest absolute Gasteiger partial charge is 0.466 e. The number of nitrogens with zero attached hydrogens (tertiary/aromatic N) is 5. The molecule has 1 aliphatic carbocycles. The highest BCUT2D eigenvalue weighted by Crippen LogP contribution is 2.42. The van der Waals surface area contributed by atoms with Crippen molar-refractivity contribution in [3.63, 3.8) is 0 Å². The van der Waals surface area contributed by atoms with Crippen LogP contribution in [0.5, 0.6) is 0 Å². The number of hydrogen-bond donors (Lipinski definition) is 0. The van der Waals surface area contributed by atoms with Crippen molar-refractivity contribution in [1.82, 2.24) is 24.8 Å². The van der Waals surface area contributed by atoms with Crippen LogP contribution in [0.4, 0.5) is 0 Å². The minimum absolute atomic E-state index is 0.0727. The molecular weight excluding hydrogens is 410 g/mol. The number of esters is 1. The molecule has 1 aromatic carbocycles. The Kier molecular flexibility index (Phi) is 6.53. The number of likely N-dealkylation sites (tertiary alicyclic amines) is 1. The van der Waals surface area contributed by atoms with Crippen LogP contribution in [-0.4, -0.2) is 75.9 Å². The van der Waals surface area contributed by atoms with Crippen molar-refractivity contribution in [2.45, 2.75) is 38.5 Å². The van der Waals surface area contributed by atoms with E-state index >= 15 is 0 Å². The van der Waals surface area contributed by atoms with Gasteiger partial charge in [-0.1, -0.05) is 23.4 Å². The zero-order chi connectivity index (χ0) is 22.7. The van der Waals surface area contributed by atoms with E-state index < -0.39 is 0 Å². The summed E-state index contributed by atoms with van der Waals surface area (Å²) in [6, 6.07) is 9.62. The highest BCUT2D eigenvalue weighted by atomic mass is 16.5. The van der Waals surface area contributed by atoms with E-state index in [4.69, 9.17) is 4.74 Å². The molecule has 0 spiro atoms. The van der Waals surface area contributed by atoms with Crippen molar-refractivity contribution in [3.05, 3.63) is 41.7 Å². The number of piperidine rings is 1. The van der Waals surface area contributed by atoms with Crippen molar-refractivity contribution in [2.75, 3.05) is 33.3 Å². The highest BCUT2D eigenvalue weighted by molar-refractivity contribution is 5.96. The Hall–Kier alpha value is -3.23. The first-order chi connectivity index (χ1) is 15.5. The van der Waals surface area contributed by atoms with Gasteiger partial charge in [0.1, 0.15) is 0 Å². The number of rotatable bonds is 7. The van der Waals surface area contributed by atoms with Gasteiger partial charge < -0.3 is 14.5 Å². The average Bonchev–Trinajstić information content (AvgIpc) is 3.57. The molecule has 32 heavy (non-hydrogen) atoms. The van der Waals surface area contributed by atoms with Gasteiger partial charge in [0.2, 0.25) is 5.91 Å². The number of hydrogen-bond acceptors (Lipinski definition) is 6. The Labute approximate surface area is 187 Å². The minimum Gasteiger partial charge on any atom is -0.466 e. The number of para-hydroxylation sites is 1. The van der Waals surface area contributed by atoms with E-state index in [1.54, 1.807) is 23.6 Å². The maximum Gasteiger partial charge on any atom is 0.310 e. The van der Waals surface area contributed by atoms with Crippen molar-refractivity contribution in [1.29, 1.82) is 0 Å². The molecule has 2 aromatic rings. The smallest absolute Gasteiger partial charge is 0.310 e. The van der Waals surface area contributed by atoms with E-state index in [-0.39, 0.29) is 36.2 Å². The molecule has 2 amide bonds. The average molecular weight is 440 g/mol. The second kappa shape index (κ2) is 9.50. The molecule has 2 fully saturated rings. The molecule has 1 aromatic heterocycles. The number of amides is 2.